The lowest BCUT2D eigenvalue weighted by Gasteiger charge is -2.18. The third-order valence-corrected chi connectivity index (χ3v) is 12.6. The van der Waals surface area contributed by atoms with E-state index in [0.717, 1.165) is 83.5 Å². The highest BCUT2D eigenvalue weighted by Crippen LogP contribution is 2.16. The molecular weight excluding hydrogens is 865 g/mol. The van der Waals surface area contributed by atoms with Crippen molar-refractivity contribution in [2.24, 2.45) is 0 Å². The standard InChI is InChI=1S/C64H110O6/c1-4-7-10-13-16-19-22-25-28-30-32-34-36-39-42-45-48-51-54-57-63(66)69-60-61(59-68-62(65)56-53-50-47-44-41-38-27-24-21-18-15-12-9-6-3)70-64(67)58-55-52-49-46-43-40-37-35-33-31-29-26-23-20-17-14-11-8-5-2/h7,10,16,19,24-25,27-28,32,34,39,42,48,51,61H,4-6,8-9,11-15,17-18,20-23,26,29-31,33,35-38,40-41,43-47,49-50,52-60H2,1-3H3/b10-7-,19-16-,27-24-,28-25-,34-32-,42-39-,51-48-/t61-/m1/s1. The van der Waals surface area contributed by atoms with Crippen LogP contribution in [0.3, 0.4) is 0 Å². The van der Waals surface area contributed by atoms with Gasteiger partial charge in [0.25, 0.3) is 0 Å². The van der Waals surface area contributed by atoms with Crippen LogP contribution in [0.1, 0.15) is 284 Å². The smallest absolute Gasteiger partial charge is 0.306 e. The number of rotatable bonds is 53. The van der Waals surface area contributed by atoms with Gasteiger partial charge in [-0.05, 0) is 83.5 Å². The topological polar surface area (TPSA) is 78.9 Å². The van der Waals surface area contributed by atoms with Gasteiger partial charge in [0.2, 0.25) is 0 Å². The van der Waals surface area contributed by atoms with Crippen LogP contribution >= 0.6 is 0 Å². The first-order valence-electron chi connectivity index (χ1n) is 29.6. The molecule has 0 saturated heterocycles. The van der Waals surface area contributed by atoms with Crippen molar-refractivity contribution in [3.05, 3.63) is 85.1 Å². The molecule has 0 amide bonds. The first-order valence-corrected chi connectivity index (χ1v) is 29.6. The molecule has 0 heterocycles. The Bertz CT molecular complexity index is 1350. The van der Waals surface area contributed by atoms with Crippen LogP contribution in [0.15, 0.2) is 85.1 Å². The molecule has 0 rings (SSSR count). The predicted molar refractivity (Wildman–Crippen MR) is 302 cm³/mol. The van der Waals surface area contributed by atoms with Gasteiger partial charge in [0.15, 0.2) is 6.10 Å². The average Bonchev–Trinajstić information content (AvgIpc) is 3.36. The lowest BCUT2D eigenvalue weighted by molar-refractivity contribution is -0.166. The van der Waals surface area contributed by atoms with Gasteiger partial charge in [-0.3, -0.25) is 14.4 Å². The molecule has 0 aliphatic carbocycles. The maximum Gasteiger partial charge on any atom is 0.306 e. The highest BCUT2D eigenvalue weighted by Gasteiger charge is 2.19. The average molecular weight is 976 g/mol. The van der Waals surface area contributed by atoms with Crippen molar-refractivity contribution in [3.63, 3.8) is 0 Å². The summed E-state index contributed by atoms with van der Waals surface area (Å²) in [5, 5.41) is 0. The van der Waals surface area contributed by atoms with Crippen LogP contribution in [-0.2, 0) is 28.6 Å². The number of carbonyl (C=O) groups excluding carboxylic acids is 3. The second kappa shape index (κ2) is 58.2. The molecule has 0 spiro atoms. The van der Waals surface area contributed by atoms with E-state index in [0.29, 0.717) is 19.3 Å². The zero-order valence-corrected chi connectivity index (χ0v) is 46.0. The quantitative estimate of drug-likeness (QED) is 0.0261. The van der Waals surface area contributed by atoms with Crippen LogP contribution in [0.25, 0.3) is 0 Å². The number of hydrogen-bond acceptors (Lipinski definition) is 6. The fourth-order valence-electron chi connectivity index (χ4n) is 8.23. The summed E-state index contributed by atoms with van der Waals surface area (Å²) < 4.78 is 16.8. The van der Waals surface area contributed by atoms with Crippen LogP contribution < -0.4 is 0 Å². The minimum absolute atomic E-state index is 0.102. The van der Waals surface area contributed by atoms with E-state index in [1.807, 2.05) is 6.08 Å². The maximum atomic E-state index is 12.9. The van der Waals surface area contributed by atoms with Gasteiger partial charge in [0.1, 0.15) is 13.2 Å². The lowest BCUT2D eigenvalue weighted by Crippen LogP contribution is -2.30. The Labute approximate surface area is 433 Å². The molecule has 0 saturated carbocycles. The van der Waals surface area contributed by atoms with Gasteiger partial charge in [-0.2, -0.15) is 0 Å². The Kier molecular flexibility index (Phi) is 55.3. The normalized spacial score (nSPS) is 12.7. The number of hydrogen-bond donors (Lipinski definition) is 0. The molecule has 6 heteroatoms. The van der Waals surface area contributed by atoms with Gasteiger partial charge in [-0.1, -0.05) is 266 Å². The molecule has 0 unspecified atom stereocenters. The maximum absolute atomic E-state index is 12.9. The zero-order chi connectivity index (χ0) is 50.7. The minimum atomic E-state index is -0.809. The van der Waals surface area contributed by atoms with E-state index in [1.165, 1.54) is 154 Å². The molecule has 6 nitrogen and oxygen atoms in total. The Morgan fingerprint density at radius 2 is 0.586 bits per heavy atom. The van der Waals surface area contributed by atoms with Crippen molar-refractivity contribution >= 4 is 17.9 Å². The first-order chi connectivity index (χ1) is 34.5. The summed E-state index contributed by atoms with van der Waals surface area (Å²) in [6, 6.07) is 0. The van der Waals surface area contributed by atoms with Gasteiger partial charge in [0.05, 0.1) is 0 Å². The highest BCUT2D eigenvalue weighted by molar-refractivity contribution is 5.71. The van der Waals surface area contributed by atoms with Crippen LogP contribution in [-0.4, -0.2) is 37.2 Å². The Morgan fingerprint density at radius 3 is 0.957 bits per heavy atom. The highest BCUT2D eigenvalue weighted by atomic mass is 16.6. The third kappa shape index (κ3) is 55.5. The lowest BCUT2D eigenvalue weighted by atomic mass is 10.0. The summed E-state index contributed by atoms with van der Waals surface area (Å²) in [6.45, 7) is 6.47. The van der Waals surface area contributed by atoms with Gasteiger partial charge in [-0.25, -0.2) is 0 Å². The first kappa shape index (κ1) is 66.6. The van der Waals surface area contributed by atoms with Crippen LogP contribution in [0.4, 0.5) is 0 Å². The Hall–Kier alpha value is -3.41. The van der Waals surface area contributed by atoms with Crippen molar-refractivity contribution < 1.29 is 28.6 Å². The van der Waals surface area contributed by atoms with Crippen molar-refractivity contribution in [2.45, 2.75) is 290 Å². The molecule has 0 aromatic heterocycles. The summed E-state index contributed by atoms with van der Waals surface area (Å²) in [4.78, 5) is 38.2. The molecule has 402 valence electrons. The van der Waals surface area contributed by atoms with E-state index in [9.17, 15) is 14.4 Å². The van der Waals surface area contributed by atoms with Crippen LogP contribution in [0, 0.1) is 0 Å². The summed E-state index contributed by atoms with van der Waals surface area (Å²) in [6.07, 6.45) is 75.9. The van der Waals surface area contributed by atoms with Gasteiger partial charge < -0.3 is 14.2 Å². The molecule has 1 atom stereocenters. The van der Waals surface area contributed by atoms with E-state index in [1.54, 1.807) is 0 Å². The predicted octanol–water partition coefficient (Wildman–Crippen LogP) is 19.9. The molecule has 0 N–H and O–H groups in total. The summed E-state index contributed by atoms with van der Waals surface area (Å²) in [7, 11) is 0. The van der Waals surface area contributed by atoms with Gasteiger partial charge in [-0.15, -0.1) is 0 Å². The van der Waals surface area contributed by atoms with Crippen molar-refractivity contribution in [1.29, 1.82) is 0 Å². The number of carbonyl (C=O) groups is 3. The third-order valence-electron chi connectivity index (χ3n) is 12.6. The van der Waals surface area contributed by atoms with E-state index in [4.69, 9.17) is 14.2 Å². The molecule has 0 aromatic carbocycles. The van der Waals surface area contributed by atoms with E-state index >= 15 is 0 Å². The fraction of sp³-hybridized carbons (Fsp3) is 0.734. The van der Waals surface area contributed by atoms with Crippen molar-refractivity contribution in [1.82, 2.24) is 0 Å². The van der Waals surface area contributed by atoms with Crippen molar-refractivity contribution in [3.8, 4) is 0 Å². The number of unbranched alkanes of at least 4 members (excludes halogenated alkanes) is 28. The SMILES string of the molecule is CC/C=C\C/C=C\C/C=C\C/C=C\C/C=C\C/C=C\CCC(=O)OC[C@@H](COC(=O)CCCCCCC/C=C\CCCCCCC)OC(=O)CCCCCCCCCCCCCCCCCCCCC. The number of allylic oxidation sites excluding steroid dienone is 14. The molecule has 0 aromatic rings. The number of esters is 3. The monoisotopic (exact) mass is 975 g/mol. The summed E-state index contributed by atoms with van der Waals surface area (Å²) in [5.41, 5.74) is 0. The second-order valence-electron chi connectivity index (χ2n) is 19.5. The Morgan fingerprint density at radius 1 is 0.300 bits per heavy atom. The molecule has 0 aliphatic rings. The van der Waals surface area contributed by atoms with Crippen LogP contribution in [0.2, 0.25) is 0 Å². The fourth-order valence-corrected chi connectivity index (χ4v) is 8.23. The second-order valence-corrected chi connectivity index (χ2v) is 19.5. The van der Waals surface area contributed by atoms with Gasteiger partial charge >= 0.3 is 17.9 Å². The number of ether oxygens (including phenoxy) is 3. The molecule has 70 heavy (non-hydrogen) atoms. The Balaban J connectivity index is 4.47. The minimum Gasteiger partial charge on any atom is -0.462 e. The van der Waals surface area contributed by atoms with E-state index in [2.05, 4.69) is 99.8 Å². The van der Waals surface area contributed by atoms with Gasteiger partial charge in [0, 0.05) is 19.3 Å². The zero-order valence-electron chi connectivity index (χ0n) is 46.0. The summed E-state index contributed by atoms with van der Waals surface area (Å²) in [5.74, 6) is -0.988. The molecule has 0 fully saturated rings. The van der Waals surface area contributed by atoms with Crippen LogP contribution in [0.5, 0.6) is 0 Å². The molecular formula is C64H110O6. The molecule has 0 radical (unpaired) electrons. The van der Waals surface area contributed by atoms with Crippen molar-refractivity contribution in [2.75, 3.05) is 13.2 Å². The molecule has 0 aliphatic heterocycles. The largest absolute Gasteiger partial charge is 0.462 e. The summed E-state index contributed by atoms with van der Waals surface area (Å²) >= 11 is 0. The van der Waals surface area contributed by atoms with E-state index in [-0.39, 0.29) is 37.5 Å². The van der Waals surface area contributed by atoms with E-state index < -0.39 is 6.10 Å². The molecule has 0 bridgehead atoms.